The Bertz CT molecular complexity index is 837. The van der Waals surface area contributed by atoms with Gasteiger partial charge in [0.1, 0.15) is 0 Å². The molecule has 6 nitrogen and oxygen atoms in total. The molecule has 0 atom stereocenters. The Kier molecular flexibility index (Phi) is 6.46. The molecule has 0 spiro atoms. The number of anilines is 1. The van der Waals surface area contributed by atoms with Crippen molar-refractivity contribution >= 4 is 11.7 Å². The molecule has 0 radical (unpaired) electrons. The predicted molar refractivity (Wildman–Crippen MR) is 106 cm³/mol. The molecule has 2 aromatic heterocycles. The van der Waals surface area contributed by atoms with Crippen molar-refractivity contribution in [3.63, 3.8) is 0 Å². The van der Waals surface area contributed by atoms with E-state index in [0.717, 1.165) is 25.2 Å². The highest BCUT2D eigenvalue weighted by molar-refractivity contribution is 5.92. The summed E-state index contributed by atoms with van der Waals surface area (Å²) in [5, 5.41) is 11.1. The lowest BCUT2D eigenvalue weighted by Crippen LogP contribution is -2.27. The predicted octanol–water partition coefficient (Wildman–Crippen LogP) is 2.52. The topological polar surface area (TPSA) is 71.0 Å². The largest absolute Gasteiger partial charge is 0.358 e. The van der Waals surface area contributed by atoms with Crippen LogP contribution in [0.4, 0.5) is 5.82 Å². The number of rotatable bonds is 8. The van der Waals surface area contributed by atoms with Crippen molar-refractivity contribution in [1.29, 1.82) is 0 Å². The van der Waals surface area contributed by atoms with Crippen LogP contribution in [0.2, 0.25) is 0 Å². The standard InChI is InChI=1S/C21H23N5O/c1-26(16-12-18-9-13-22-14-10-18)20-8-7-19(24-25-20)21(27)23-15-11-17-5-3-2-4-6-17/h2-10,13-14H,11-12,15-16H2,1H3,(H,23,27). The van der Waals surface area contributed by atoms with Gasteiger partial charge in [0.15, 0.2) is 11.5 Å². The lowest BCUT2D eigenvalue weighted by Gasteiger charge is -2.17. The van der Waals surface area contributed by atoms with Crippen LogP contribution in [0, 0.1) is 0 Å². The first kappa shape index (κ1) is 18.5. The van der Waals surface area contributed by atoms with Gasteiger partial charge < -0.3 is 10.2 Å². The molecule has 0 unspecified atom stereocenters. The highest BCUT2D eigenvalue weighted by Crippen LogP contribution is 2.09. The number of pyridine rings is 1. The van der Waals surface area contributed by atoms with Crippen LogP contribution in [0.5, 0.6) is 0 Å². The Hall–Kier alpha value is -3.28. The molecule has 3 aromatic rings. The zero-order chi connectivity index (χ0) is 18.9. The van der Waals surface area contributed by atoms with Crippen LogP contribution >= 0.6 is 0 Å². The van der Waals surface area contributed by atoms with Gasteiger partial charge in [0.25, 0.3) is 5.91 Å². The van der Waals surface area contributed by atoms with Crippen molar-refractivity contribution in [2.75, 3.05) is 25.0 Å². The van der Waals surface area contributed by atoms with Gasteiger partial charge in [-0.25, -0.2) is 0 Å². The average molecular weight is 361 g/mol. The minimum Gasteiger partial charge on any atom is -0.358 e. The van der Waals surface area contributed by atoms with E-state index < -0.39 is 0 Å². The number of likely N-dealkylation sites (N-methyl/N-ethyl adjacent to an activating group) is 1. The highest BCUT2D eigenvalue weighted by atomic mass is 16.1. The van der Waals surface area contributed by atoms with Crippen molar-refractivity contribution in [3.8, 4) is 0 Å². The molecular formula is C21H23N5O. The van der Waals surface area contributed by atoms with Crippen molar-refractivity contribution < 1.29 is 4.79 Å². The summed E-state index contributed by atoms with van der Waals surface area (Å²) in [4.78, 5) is 18.2. The summed E-state index contributed by atoms with van der Waals surface area (Å²) in [6, 6.07) is 17.6. The van der Waals surface area contributed by atoms with Crippen LogP contribution < -0.4 is 10.2 Å². The number of hydrogen-bond acceptors (Lipinski definition) is 5. The van der Waals surface area contributed by atoms with Crippen LogP contribution in [-0.4, -0.2) is 41.2 Å². The molecule has 2 heterocycles. The first-order chi connectivity index (χ1) is 13.2. The maximum absolute atomic E-state index is 12.2. The molecule has 6 heteroatoms. The first-order valence-corrected chi connectivity index (χ1v) is 8.98. The lowest BCUT2D eigenvalue weighted by atomic mass is 10.1. The molecule has 0 fully saturated rings. The Balaban J connectivity index is 1.47. The summed E-state index contributed by atoms with van der Waals surface area (Å²) in [6.45, 7) is 1.37. The van der Waals surface area contributed by atoms with E-state index in [1.54, 1.807) is 18.5 Å². The molecule has 27 heavy (non-hydrogen) atoms. The minimum atomic E-state index is -0.204. The molecule has 0 aliphatic carbocycles. The third-order valence-electron chi connectivity index (χ3n) is 4.30. The van der Waals surface area contributed by atoms with E-state index in [-0.39, 0.29) is 5.91 Å². The van der Waals surface area contributed by atoms with Gasteiger partial charge in [-0.1, -0.05) is 30.3 Å². The number of carbonyl (C=O) groups excluding carboxylic acids is 1. The van der Waals surface area contributed by atoms with Crippen LogP contribution in [0.25, 0.3) is 0 Å². The van der Waals surface area contributed by atoms with Crippen molar-refractivity contribution in [2.45, 2.75) is 12.8 Å². The van der Waals surface area contributed by atoms with Crippen LogP contribution in [0.1, 0.15) is 21.6 Å². The van der Waals surface area contributed by atoms with Gasteiger partial charge in [0, 0.05) is 32.5 Å². The molecule has 1 N–H and O–H groups in total. The fourth-order valence-corrected chi connectivity index (χ4v) is 2.67. The summed E-state index contributed by atoms with van der Waals surface area (Å²) in [7, 11) is 1.96. The first-order valence-electron chi connectivity index (χ1n) is 8.98. The summed E-state index contributed by atoms with van der Waals surface area (Å²) in [5.74, 6) is 0.536. The third kappa shape index (κ3) is 5.60. The number of nitrogens with zero attached hydrogens (tertiary/aromatic N) is 4. The smallest absolute Gasteiger partial charge is 0.271 e. The maximum atomic E-state index is 12.2. The SMILES string of the molecule is CN(CCc1ccncc1)c1ccc(C(=O)NCCc2ccccc2)nn1. The summed E-state index contributed by atoms with van der Waals surface area (Å²) in [5.41, 5.74) is 2.74. The lowest BCUT2D eigenvalue weighted by molar-refractivity contribution is 0.0948. The Labute approximate surface area is 159 Å². The molecule has 1 amide bonds. The fraction of sp³-hybridized carbons (Fsp3) is 0.238. The molecule has 0 saturated heterocycles. The molecular weight excluding hydrogens is 338 g/mol. The van der Waals surface area contributed by atoms with E-state index in [2.05, 4.69) is 20.5 Å². The van der Waals surface area contributed by atoms with Crippen LogP contribution in [0.3, 0.4) is 0 Å². The van der Waals surface area contributed by atoms with Gasteiger partial charge >= 0.3 is 0 Å². The number of nitrogens with one attached hydrogen (secondary N) is 1. The van der Waals surface area contributed by atoms with Gasteiger partial charge in [-0.2, -0.15) is 0 Å². The van der Waals surface area contributed by atoms with Crippen LogP contribution in [-0.2, 0) is 12.8 Å². The minimum absolute atomic E-state index is 0.204. The molecule has 0 aliphatic rings. The number of carbonyl (C=O) groups is 1. The third-order valence-corrected chi connectivity index (χ3v) is 4.30. The second kappa shape index (κ2) is 9.43. The zero-order valence-corrected chi connectivity index (χ0v) is 15.4. The highest BCUT2D eigenvalue weighted by Gasteiger charge is 2.09. The van der Waals surface area contributed by atoms with Gasteiger partial charge in [0.05, 0.1) is 0 Å². The Morgan fingerprint density at radius 3 is 2.37 bits per heavy atom. The quantitative estimate of drug-likeness (QED) is 0.668. The normalized spacial score (nSPS) is 10.4. The summed E-state index contributed by atoms with van der Waals surface area (Å²) in [6.07, 6.45) is 5.26. The van der Waals surface area contributed by atoms with E-state index in [0.29, 0.717) is 12.2 Å². The molecule has 0 bridgehead atoms. The van der Waals surface area contributed by atoms with E-state index >= 15 is 0 Å². The molecule has 0 aliphatic heterocycles. The van der Waals surface area contributed by atoms with Crippen molar-refractivity contribution in [1.82, 2.24) is 20.5 Å². The van der Waals surface area contributed by atoms with E-state index in [9.17, 15) is 4.79 Å². The Morgan fingerprint density at radius 1 is 0.926 bits per heavy atom. The summed E-state index contributed by atoms with van der Waals surface area (Å²) < 4.78 is 0. The van der Waals surface area contributed by atoms with Gasteiger partial charge in [-0.05, 0) is 48.2 Å². The monoisotopic (exact) mass is 361 g/mol. The zero-order valence-electron chi connectivity index (χ0n) is 15.4. The number of aromatic nitrogens is 3. The molecule has 1 aromatic carbocycles. The van der Waals surface area contributed by atoms with Crippen molar-refractivity contribution in [3.05, 3.63) is 83.8 Å². The maximum Gasteiger partial charge on any atom is 0.271 e. The average Bonchev–Trinajstić information content (AvgIpc) is 2.73. The fourth-order valence-electron chi connectivity index (χ4n) is 2.67. The number of hydrogen-bond donors (Lipinski definition) is 1. The Morgan fingerprint density at radius 2 is 1.67 bits per heavy atom. The van der Waals surface area contributed by atoms with E-state index in [1.165, 1.54) is 11.1 Å². The molecule has 138 valence electrons. The van der Waals surface area contributed by atoms with E-state index in [1.807, 2.05) is 60.5 Å². The van der Waals surface area contributed by atoms with Crippen LogP contribution in [0.15, 0.2) is 67.0 Å². The van der Waals surface area contributed by atoms with Crippen molar-refractivity contribution in [2.24, 2.45) is 0 Å². The van der Waals surface area contributed by atoms with Gasteiger partial charge in [-0.3, -0.25) is 9.78 Å². The number of benzene rings is 1. The molecule has 0 saturated carbocycles. The second-order valence-electron chi connectivity index (χ2n) is 6.30. The molecule has 3 rings (SSSR count). The number of amides is 1. The van der Waals surface area contributed by atoms with Gasteiger partial charge in [0.2, 0.25) is 0 Å². The second-order valence-corrected chi connectivity index (χ2v) is 6.30. The van der Waals surface area contributed by atoms with Gasteiger partial charge in [-0.15, -0.1) is 10.2 Å². The van der Waals surface area contributed by atoms with E-state index in [4.69, 9.17) is 0 Å². The summed E-state index contributed by atoms with van der Waals surface area (Å²) >= 11 is 0.